The number of rotatable bonds is 7. The first-order valence-corrected chi connectivity index (χ1v) is 9.85. The highest BCUT2D eigenvalue weighted by Gasteiger charge is 2.20. The normalized spacial score (nSPS) is 15.4. The number of aldehydes is 1. The first kappa shape index (κ1) is 20.9. The summed E-state index contributed by atoms with van der Waals surface area (Å²) in [4.78, 5) is 28.3. The fraction of sp³-hybridized carbons (Fsp3) is 0.429. The van der Waals surface area contributed by atoms with Gasteiger partial charge in [-0.15, -0.1) is 0 Å². The molecular weight excluding hydrogens is 371 g/mol. The zero-order valence-electron chi connectivity index (χ0n) is 17.2. The van der Waals surface area contributed by atoms with Gasteiger partial charge in [0.1, 0.15) is 5.69 Å². The molecule has 0 radical (unpaired) electrons. The molecule has 0 unspecified atom stereocenters. The smallest absolute Gasteiger partial charge is 0.236 e. The van der Waals surface area contributed by atoms with Crippen molar-refractivity contribution in [2.75, 3.05) is 43.4 Å². The van der Waals surface area contributed by atoms with Crippen LogP contribution in [0.5, 0.6) is 0 Å². The number of pyridine rings is 2. The van der Waals surface area contributed by atoms with E-state index < -0.39 is 5.95 Å². The standard InChI is InChI=1S/C21H27FN6O/c1-4-16(14-29)25-18-7-6-17(26-21(18)23-3)13-27-9-11-28(12-10-27)19-8-5-15(2)24-20(19)22/h5-8,14H,4,9-13H2,1-3H3,(H,23,26)/b25-16-. The Balaban J connectivity index is 1.64. The average Bonchev–Trinajstić information content (AvgIpc) is 2.73. The van der Waals surface area contributed by atoms with Crippen LogP contribution >= 0.6 is 0 Å². The molecule has 1 aliphatic heterocycles. The number of halogens is 1. The van der Waals surface area contributed by atoms with Crippen LogP contribution in [0.3, 0.4) is 0 Å². The van der Waals surface area contributed by atoms with Crippen molar-refractivity contribution >= 4 is 29.2 Å². The van der Waals surface area contributed by atoms with Gasteiger partial charge in [0.15, 0.2) is 12.1 Å². The molecular formula is C21H27FN6O. The monoisotopic (exact) mass is 398 g/mol. The van der Waals surface area contributed by atoms with Crippen molar-refractivity contribution in [3.63, 3.8) is 0 Å². The van der Waals surface area contributed by atoms with Gasteiger partial charge in [-0.3, -0.25) is 9.69 Å². The van der Waals surface area contributed by atoms with Gasteiger partial charge >= 0.3 is 0 Å². The van der Waals surface area contributed by atoms with Crippen LogP contribution in [0.4, 0.5) is 21.6 Å². The van der Waals surface area contributed by atoms with Crippen LogP contribution in [0.15, 0.2) is 29.3 Å². The first-order valence-electron chi connectivity index (χ1n) is 9.85. The predicted octanol–water partition coefficient (Wildman–Crippen LogP) is 2.97. The maximum atomic E-state index is 14.1. The third-order valence-electron chi connectivity index (χ3n) is 5.00. The number of aromatic nitrogens is 2. The van der Waals surface area contributed by atoms with Crippen LogP contribution in [0.2, 0.25) is 0 Å². The second kappa shape index (κ2) is 9.56. The lowest BCUT2D eigenvalue weighted by atomic mass is 10.2. The molecule has 29 heavy (non-hydrogen) atoms. The number of hydrogen-bond acceptors (Lipinski definition) is 7. The molecule has 1 saturated heterocycles. The van der Waals surface area contributed by atoms with Crippen molar-refractivity contribution in [2.45, 2.75) is 26.8 Å². The molecule has 154 valence electrons. The molecule has 0 atom stereocenters. The molecule has 1 fully saturated rings. The van der Waals surface area contributed by atoms with Crippen molar-refractivity contribution in [3.8, 4) is 0 Å². The van der Waals surface area contributed by atoms with Gasteiger partial charge in [-0.25, -0.2) is 15.0 Å². The van der Waals surface area contributed by atoms with Crippen LogP contribution < -0.4 is 10.2 Å². The van der Waals surface area contributed by atoms with E-state index in [4.69, 9.17) is 0 Å². The highest BCUT2D eigenvalue weighted by atomic mass is 19.1. The molecule has 7 nitrogen and oxygen atoms in total. The van der Waals surface area contributed by atoms with Crippen molar-refractivity contribution < 1.29 is 9.18 Å². The topological polar surface area (TPSA) is 73.7 Å². The summed E-state index contributed by atoms with van der Waals surface area (Å²) in [5, 5.41) is 3.06. The number of nitrogens with one attached hydrogen (secondary N) is 1. The number of nitrogens with zero attached hydrogens (tertiary/aromatic N) is 5. The van der Waals surface area contributed by atoms with Crippen molar-refractivity contribution in [3.05, 3.63) is 41.6 Å². The highest BCUT2D eigenvalue weighted by molar-refractivity contribution is 6.28. The summed E-state index contributed by atoms with van der Waals surface area (Å²) in [6.07, 6.45) is 1.36. The van der Waals surface area contributed by atoms with Gasteiger partial charge in [0.05, 0.1) is 17.1 Å². The Hall–Kier alpha value is -2.87. The molecule has 1 N–H and O–H groups in total. The third-order valence-corrected chi connectivity index (χ3v) is 5.00. The maximum absolute atomic E-state index is 14.1. The number of hydrogen-bond donors (Lipinski definition) is 1. The molecule has 0 bridgehead atoms. The summed E-state index contributed by atoms with van der Waals surface area (Å²) in [5.74, 6) is 0.249. The van der Waals surface area contributed by atoms with E-state index in [1.807, 2.05) is 30.0 Å². The van der Waals surface area contributed by atoms with Gasteiger partial charge in [-0.2, -0.15) is 4.39 Å². The van der Waals surface area contributed by atoms with Crippen LogP contribution in [0, 0.1) is 12.9 Å². The molecule has 0 amide bonds. The van der Waals surface area contributed by atoms with Crippen LogP contribution in [-0.2, 0) is 11.3 Å². The van der Waals surface area contributed by atoms with Crippen molar-refractivity contribution in [1.29, 1.82) is 0 Å². The minimum atomic E-state index is -0.406. The SMILES string of the molecule is CC/C(C=O)=N/c1ccc(CN2CCN(c3ccc(C)nc3F)CC2)nc1NC. The number of piperazine rings is 1. The van der Waals surface area contributed by atoms with Gasteiger partial charge in [-0.1, -0.05) is 6.92 Å². The lowest BCUT2D eigenvalue weighted by Gasteiger charge is -2.35. The maximum Gasteiger partial charge on any atom is 0.236 e. The summed E-state index contributed by atoms with van der Waals surface area (Å²) >= 11 is 0. The van der Waals surface area contributed by atoms with Gasteiger partial charge < -0.3 is 10.2 Å². The summed E-state index contributed by atoms with van der Waals surface area (Å²) in [5.41, 5.74) is 3.32. The van der Waals surface area contributed by atoms with E-state index in [-0.39, 0.29) is 0 Å². The minimum absolute atomic E-state index is 0.406. The molecule has 2 aromatic heterocycles. The predicted molar refractivity (Wildman–Crippen MR) is 114 cm³/mol. The average molecular weight is 398 g/mol. The minimum Gasteiger partial charge on any atom is -0.371 e. The quantitative estimate of drug-likeness (QED) is 0.439. The van der Waals surface area contributed by atoms with Crippen molar-refractivity contribution in [1.82, 2.24) is 14.9 Å². The van der Waals surface area contributed by atoms with Gasteiger partial charge in [0, 0.05) is 45.5 Å². The Kier molecular flexibility index (Phi) is 6.87. The van der Waals surface area contributed by atoms with Crippen LogP contribution in [-0.4, -0.2) is 60.1 Å². The van der Waals surface area contributed by atoms with Gasteiger partial charge in [-0.05, 0) is 37.6 Å². The second-order valence-corrected chi connectivity index (χ2v) is 7.02. The highest BCUT2D eigenvalue weighted by Crippen LogP contribution is 2.24. The molecule has 3 rings (SSSR count). The molecule has 3 heterocycles. The molecule has 0 aromatic carbocycles. The van der Waals surface area contributed by atoms with E-state index in [9.17, 15) is 9.18 Å². The molecule has 8 heteroatoms. The van der Waals surface area contributed by atoms with E-state index >= 15 is 0 Å². The Morgan fingerprint density at radius 1 is 1.21 bits per heavy atom. The first-order chi connectivity index (χ1) is 14.0. The molecule has 0 saturated carbocycles. The summed E-state index contributed by atoms with van der Waals surface area (Å²) < 4.78 is 14.1. The lowest BCUT2D eigenvalue weighted by Crippen LogP contribution is -2.46. The number of anilines is 2. The fourth-order valence-electron chi connectivity index (χ4n) is 3.33. The summed E-state index contributed by atoms with van der Waals surface area (Å²) in [6, 6.07) is 7.47. The van der Waals surface area contributed by atoms with Gasteiger partial charge in [0.25, 0.3) is 0 Å². The Morgan fingerprint density at radius 2 is 1.97 bits per heavy atom. The molecule has 1 aliphatic rings. The van der Waals surface area contributed by atoms with Crippen LogP contribution in [0.1, 0.15) is 24.7 Å². The molecule has 0 spiro atoms. The molecule has 0 aliphatic carbocycles. The van der Waals surface area contributed by atoms with Crippen molar-refractivity contribution in [2.24, 2.45) is 4.99 Å². The Morgan fingerprint density at radius 3 is 2.59 bits per heavy atom. The lowest BCUT2D eigenvalue weighted by molar-refractivity contribution is -0.102. The summed E-state index contributed by atoms with van der Waals surface area (Å²) in [6.45, 7) is 7.49. The zero-order valence-corrected chi connectivity index (χ0v) is 17.2. The largest absolute Gasteiger partial charge is 0.371 e. The Labute approximate surface area is 170 Å². The van der Waals surface area contributed by atoms with E-state index in [0.717, 1.165) is 38.2 Å². The van der Waals surface area contributed by atoms with E-state index in [1.165, 1.54) is 0 Å². The third kappa shape index (κ3) is 5.14. The number of carbonyl (C=O) groups excluding carboxylic acids is 1. The van der Waals surface area contributed by atoms with Gasteiger partial charge in [0.2, 0.25) is 5.95 Å². The van der Waals surface area contributed by atoms with E-state index in [2.05, 4.69) is 25.2 Å². The number of aryl methyl sites for hydroxylation is 1. The zero-order chi connectivity index (χ0) is 20.8. The van der Waals surface area contributed by atoms with Crippen LogP contribution in [0.25, 0.3) is 0 Å². The van der Waals surface area contributed by atoms with E-state index in [0.29, 0.717) is 41.6 Å². The molecule has 2 aromatic rings. The Bertz CT molecular complexity index is 893. The number of carbonyl (C=O) groups is 1. The fourth-order valence-corrected chi connectivity index (χ4v) is 3.33. The second-order valence-electron chi connectivity index (χ2n) is 7.02. The summed E-state index contributed by atoms with van der Waals surface area (Å²) in [7, 11) is 1.79. The number of aliphatic imine (C=N–C) groups is 1. The van der Waals surface area contributed by atoms with E-state index in [1.54, 1.807) is 20.0 Å².